The molecule has 100 valence electrons. The molecule has 0 amide bonds. The largest absolute Gasteiger partial charge is 0.393 e. The van der Waals surface area contributed by atoms with E-state index in [0.29, 0.717) is 17.1 Å². The number of benzene rings is 1. The molecule has 0 bridgehead atoms. The van der Waals surface area contributed by atoms with E-state index >= 15 is 0 Å². The average Bonchev–Trinajstić information content (AvgIpc) is 2.80. The molecule has 2 heterocycles. The van der Waals surface area contributed by atoms with Gasteiger partial charge < -0.3 is 10.1 Å². The second-order valence-corrected chi connectivity index (χ2v) is 4.99. The van der Waals surface area contributed by atoms with Crippen molar-refractivity contribution in [1.82, 2.24) is 9.38 Å². The van der Waals surface area contributed by atoms with Gasteiger partial charge in [-0.25, -0.2) is 9.37 Å². The molecule has 0 atom stereocenters. The van der Waals surface area contributed by atoms with Crippen LogP contribution in [0.3, 0.4) is 0 Å². The number of thiocarbonyl (C=S) groups is 1. The van der Waals surface area contributed by atoms with Crippen LogP contribution >= 0.6 is 12.2 Å². The van der Waals surface area contributed by atoms with Crippen molar-refractivity contribution in [3.63, 3.8) is 0 Å². The van der Waals surface area contributed by atoms with Crippen molar-refractivity contribution in [1.29, 1.82) is 0 Å². The average molecular weight is 285 g/mol. The fourth-order valence-electron chi connectivity index (χ4n) is 2.24. The number of hydrogen-bond acceptors (Lipinski definition) is 2. The van der Waals surface area contributed by atoms with Crippen molar-refractivity contribution in [3.8, 4) is 11.3 Å². The Bertz CT molecular complexity index is 780. The molecule has 0 aliphatic rings. The Morgan fingerprint density at radius 3 is 2.65 bits per heavy atom. The maximum atomic E-state index is 13.9. The Morgan fingerprint density at radius 1 is 1.20 bits per heavy atom. The van der Waals surface area contributed by atoms with Crippen molar-refractivity contribution in [2.24, 2.45) is 5.73 Å². The van der Waals surface area contributed by atoms with E-state index in [2.05, 4.69) is 4.98 Å². The molecule has 0 fully saturated rings. The molecule has 0 aliphatic carbocycles. The smallest absolute Gasteiger partial charge is 0.173 e. The molecule has 2 aromatic heterocycles. The quantitative estimate of drug-likeness (QED) is 0.752. The molecular formula is C15H12FN3S. The van der Waals surface area contributed by atoms with Crippen LogP contribution < -0.4 is 5.73 Å². The monoisotopic (exact) mass is 285 g/mol. The zero-order chi connectivity index (χ0) is 14.1. The van der Waals surface area contributed by atoms with Gasteiger partial charge in [-0.3, -0.25) is 0 Å². The highest BCUT2D eigenvalue weighted by molar-refractivity contribution is 7.80. The highest BCUT2D eigenvalue weighted by atomic mass is 32.1. The van der Waals surface area contributed by atoms with E-state index in [0.717, 1.165) is 11.3 Å². The van der Waals surface area contributed by atoms with Gasteiger partial charge in [0.05, 0.1) is 16.4 Å². The van der Waals surface area contributed by atoms with E-state index in [1.807, 2.05) is 30.3 Å². The van der Waals surface area contributed by atoms with E-state index in [1.54, 1.807) is 16.7 Å². The Morgan fingerprint density at radius 2 is 1.95 bits per heavy atom. The minimum Gasteiger partial charge on any atom is -0.393 e. The lowest BCUT2D eigenvalue weighted by molar-refractivity contribution is 0.629. The van der Waals surface area contributed by atoms with Crippen LogP contribution in [0.25, 0.3) is 16.9 Å². The normalized spacial score (nSPS) is 10.8. The molecular weight excluding hydrogens is 273 g/mol. The van der Waals surface area contributed by atoms with Gasteiger partial charge >= 0.3 is 0 Å². The Kier molecular flexibility index (Phi) is 3.20. The van der Waals surface area contributed by atoms with Crippen molar-refractivity contribution < 1.29 is 4.39 Å². The standard InChI is InChI=1S/C15H12FN3S/c16-11-7-4-8-19-12(9-13(17)20)14(18-15(11)19)10-5-2-1-3-6-10/h1-8H,9H2,(H2,17,20). The van der Waals surface area contributed by atoms with Crippen LogP contribution in [0.2, 0.25) is 0 Å². The van der Waals surface area contributed by atoms with Gasteiger partial charge in [0.1, 0.15) is 0 Å². The van der Waals surface area contributed by atoms with Gasteiger partial charge in [-0.15, -0.1) is 0 Å². The highest BCUT2D eigenvalue weighted by Gasteiger charge is 2.16. The molecule has 0 saturated heterocycles. The zero-order valence-corrected chi connectivity index (χ0v) is 11.4. The third-order valence-corrected chi connectivity index (χ3v) is 3.23. The first-order chi connectivity index (χ1) is 9.66. The van der Waals surface area contributed by atoms with Gasteiger partial charge in [0.2, 0.25) is 0 Å². The second-order valence-electron chi connectivity index (χ2n) is 4.47. The number of aromatic nitrogens is 2. The number of fused-ring (bicyclic) bond motifs is 1. The number of rotatable bonds is 3. The van der Waals surface area contributed by atoms with Crippen LogP contribution in [0.5, 0.6) is 0 Å². The summed E-state index contributed by atoms with van der Waals surface area (Å²) in [5.41, 5.74) is 8.38. The zero-order valence-electron chi connectivity index (χ0n) is 10.6. The molecule has 1 aromatic carbocycles. The van der Waals surface area contributed by atoms with Crippen LogP contribution in [0, 0.1) is 5.82 Å². The summed E-state index contributed by atoms with van der Waals surface area (Å²) in [5, 5.41) is 0. The third-order valence-electron chi connectivity index (χ3n) is 3.09. The maximum Gasteiger partial charge on any atom is 0.173 e. The maximum absolute atomic E-state index is 13.9. The van der Waals surface area contributed by atoms with E-state index in [1.165, 1.54) is 6.07 Å². The predicted octanol–water partition coefficient (Wildman–Crippen LogP) is 2.97. The molecule has 5 heteroatoms. The molecule has 3 nitrogen and oxygen atoms in total. The van der Waals surface area contributed by atoms with Crippen molar-refractivity contribution in [2.45, 2.75) is 6.42 Å². The molecule has 0 aliphatic heterocycles. The first-order valence-corrected chi connectivity index (χ1v) is 6.57. The number of nitrogens with zero attached hydrogens (tertiary/aromatic N) is 2. The Hall–Kier alpha value is -2.27. The SMILES string of the molecule is NC(=S)Cc1c(-c2ccccc2)nc2c(F)cccn12. The summed E-state index contributed by atoms with van der Waals surface area (Å²) >= 11 is 4.99. The highest BCUT2D eigenvalue weighted by Crippen LogP contribution is 2.25. The lowest BCUT2D eigenvalue weighted by Gasteiger charge is -2.04. The molecule has 2 N–H and O–H groups in total. The summed E-state index contributed by atoms with van der Waals surface area (Å²) in [6.07, 6.45) is 2.15. The third kappa shape index (κ3) is 2.16. The summed E-state index contributed by atoms with van der Waals surface area (Å²) in [4.78, 5) is 4.76. The first-order valence-electron chi connectivity index (χ1n) is 6.16. The summed E-state index contributed by atoms with van der Waals surface area (Å²) in [6.45, 7) is 0. The van der Waals surface area contributed by atoms with Crippen molar-refractivity contribution in [3.05, 3.63) is 60.2 Å². The van der Waals surface area contributed by atoms with Gasteiger partial charge in [0.15, 0.2) is 11.5 Å². The van der Waals surface area contributed by atoms with Gasteiger partial charge in [0, 0.05) is 18.2 Å². The molecule has 0 radical (unpaired) electrons. The van der Waals surface area contributed by atoms with E-state index in [-0.39, 0.29) is 11.5 Å². The number of imidazole rings is 1. The summed E-state index contributed by atoms with van der Waals surface area (Å²) in [7, 11) is 0. The molecule has 0 unspecified atom stereocenters. The fourth-order valence-corrected chi connectivity index (χ4v) is 2.38. The molecule has 3 aromatic rings. The number of nitrogens with two attached hydrogens (primary N) is 1. The number of hydrogen-bond donors (Lipinski definition) is 1. The number of pyridine rings is 1. The van der Waals surface area contributed by atoms with Crippen molar-refractivity contribution >= 4 is 22.9 Å². The summed E-state index contributed by atoms with van der Waals surface area (Å²) in [6, 6.07) is 12.7. The summed E-state index contributed by atoms with van der Waals surface area (Å²) in [5.74, 6) is -0.362. The number of halogens is 1. The van der Waals surface area contributed by atoms with E-state index in [9.17, 15) is 4.39 Å². The molecule has 3 rings (SSSR count). The van der Waals surface area contributed by atoms with E-state index < -0.39 is 0 Å². The van der Waals surface area contributed by atoms with Gasteiger partial charge in [-0.05, 0) is 12.1 Å². The Labute approximate surface area is 120 Å². The summed E-state index contributed by atoms with van der Waals surface area (Å²) < 4.78 is 15.6. The lowest BCUT2D eigenvalue weighted by atomic mass is 10.1. The first kappa shape index (κ1) is 12.7. The van der Waals surface area contributed by atoms with E-state index in [4.69, 9.17) is 18.0 Å². The van der Waals surface area contributed by atoms with Crippen LogP contribution in [-0.4, -0.2) is 14.4 Å². The minimum atomic E-state index is -0.362. The molecule has 20 heavy (non-hydrogen) atoms. The second kappa shape index (κ2) is 5.02. The predicted molar refractivity (Wildman–Crippen MR) is 81.1 cm³/mol. The molecule has 0 saturated carbocycles. The van der Waals surface area contributed by atoms with Crippen LogP contribution in [0.15, 0.2) is 48.7 Å². The van der Waals surface area contributed by atoms with Crippen molar-refractivity contribution in [2.75, 3.05) is 0 Å². The van der Waals surface area contributed by atoms with Gasteiger partial charge in [0.25, 0.3) is 0 Å². The van der Waals surface area contributed by atoms with Crippen LogP contribution in [0.1, 0.15) is 5.69 Å². The van der Waals surface area contributed by atoms with Gasteiger partial charge in [-0.2, -0.15) is 0 Å². The molecule has 0 spiro atoms. The van der Waals surface area contributed by atoms with Gasteiger partial charge in [-0.1, -0.05) is 42.5 Å². The van der Waals surface area contributed by atoms with Crippen LogP contribution in [-0.2, 0) is 6.42 Å². The topological polar surface area (TPSA) is 43.3 Å². The Balaban J connectivity index is 2.30. The minimum absolute atomic E-state index is 0.289. The lowest BCUT2D eigenvalue weighted by Crippen LogP contribution is -2.13. The van der Waals surface area contributed by atoms with Crippen LogP contribution in [0.4, 0.5) is 4.39 Å². The fraction of sp³-hybridized carbons (Fsp3) is 0.0667.